The minimum atomic E-state index is -0.450. The normalized spacial score (nSPS) is 14.4. The van der Waals surface area contributed by atoms with Gasteiger partial charge in [-0.1, -0.05) is 11.6 Å². The number of piperazine rings is 1. The minimum Gasteiger partial charge on any atom is -0.451 e. The highest BCUT2D eigenvalue weighted by molar-refractivity contribution is 6.31. The van der Waals surface area contributed by atoms with E-state index < -0.39 is 6.09 Å². The van der Waals surface area contributed by atoms with Gasteiger partial charge in [-0.3, -0.25) is 9.78 Å². The van der Waals surface area contributed by atoms with Crippen LogP contribution in [0.3, 0.4) is 0 Å². The molecule has 3 heterocycles. The second-order valence-corrected chi connectivity index (χ2v) is 6.57. The molecular formula is C19H16ClN3O4. The number of fused-ring (bicyclic) bond motifs is 1. The average Bonchev–Trinajstić information content (AvgIpc) is 3.11. The van der Waals surface area contributed by atoms with Crippen molar-refractivity contribution in [3.63, 3.8) is 0 Å². The van der Waals surface area contributed by atoms with Crippen molar-refractivity contribution in [1.82, 2.24) is 14.8 Å². The number of nitrogens with zero attached hydrogens (tertiary/aromatic N) is 3. The third-order valence-corrected chi connectivity index (χ3v) is 4.59. The van der Waals surface area contributed by atoms with Gasteiger partial charge in [-0.05, 0) is 36.4 Å². The topological polar surface area (TPSA) is 75.9 Å². The first-order valence-electron chi connectivity index (χ1n) is 8.45. The van der Waals surface area contributed by atoms with Crippen LogP contribution in [0.4, 0.5) is 4.79 Å². The Labute approximate surface area is 160 Å². The highest BCUT2D eigenvalue weighted by atomic mass is 35.5. The van der Waals surface area contributed by atoms with Gasteiger partial charge in [0.25, 0.3) is 5.91 Å². The zero-order valence-corrected chi connectivity index (χ0v) is 15.1. The molecule has 2 amide bonds. The van der Waals surface area contributed by atoms with Crippen LogP contribution in [0.25, 0.3) is 11.0 Å². The molecule has 0 bridgehead atoms. The van der Waals surface area contributed by atoms with Crippen molar-refractivity contribution >= 4 is 34.6 Å². The lowest BCUT2D eigenvalue weighted by Crippen LogP contribution is -2.51. The van der Waals surface area contributed by atoms with E-state index in [0.29, 0.717) is 42.5 Å². The van der Waals surface area contributed by atoms with Gasteiger partial charge in [-0.25, -0.2) is 4.79 Å². The Morgan fingerprint density at radius 2 is 1.85 bits per heavy atom. The second kappa shape index (κ2) is 7.28. The van der Waals surface area contributed by atoms with Crippen molar-refractivity contribution < 1.29 is 18.7 Å². The highest BCUT2D eigenvalue weighted by Crippen LogP contribution is 2.24. The Morgan fingerprint density at radius 1 is 1.07 bits per heavy atom. The molecule has 27 heavy (non-hydrogen) atoms. The summed E-state index contributed by atoms with van der Waals surface area (Å²) in [6.07, 6.45) is 2.63. The Balaban J connectivity index is 1.38. The van der Waals surface area contributed by atoms with Crippen LogP contribution >= 0.6 is 11.6 Å². The number of pyridine rings is 1. The van der Waals surface area contributed by atoms with Gasteiger partial charge in [0.05, 0.1) is 6.20 Å². The molecule has 8 heteroatoms. The van der Waals surface area contributed by atoms with Gasteiger partial charge in [0.15, 0.2) is 11.5 Å². The minimum absolute atomic E-state index is 0.206. The van der Waals surface area contributed by atoms with Crippen molar-refractivity contribution in [3.05, 3.63) is 59.6 Å². The maximum Gasteiger partial charge on any atom is 0.415 e. The summed E-state index contributed by atoms with van der Waals surface area (Å²) >= 11 is 5.97. The molecule has 1 saturated heterocycles. The van der Waals surface area contributed by atoms with E-state index in [1.807, 2.05) is 0 Å². The summed E-state index contributed by atoms with van der Waals surface area (Å²) in [4.78, 5) is 32.0. The maximum absolute atomic E-state index is 12.7. The van der Waals surface area contributed by atoms with Crippen molar-refractivity contribution in [3.8, 4) is 5.75 Å². The molecule has 1 fully saturated rings. The first kappa shape index (κ1) is 17.4. The lowest BCUT2D eigenvalue weighted by atomic mass is 10.2. The third-order valence-electron chi connectivity index (χ3n) is 4.35. The predicted octanol–water partition coefficient (Wildman–Crippen LogP) is 3.44. The van der Waals surface area contributed by atoms with Crippen molar-refractivity contribution in [1.29, 1.82) is 0 Å². The largest absolute Gasteiger partial charge is 0.451 e. The molecule has 138 valence electrons. The number of aromatic nitrogens is 1. The monoisotopic (exact) mass is 385 g/mol. The van der Waals surface area contributed by atoms with Crippen LogP contribution in [0.2, 0.25) is 5.02 Å². The molecule has 0 spiro atoms. The Bertz CT molecular complexity index is 981. The van der Waals surface area contributed by atoms with Gasteiger partial charge in [0.1, 0.15) is 5.58 Å². The van der Waals surface area contributed by atoms with Gasteiger partial charge in [-0.15, -0.1) is 0 Å². The Hall–Kier alpha value is -3.06. The molecule has 0 atom stereocenters. The van der Waals surface area contributed by atoms with Gasteiger partial charge < -0.3 is 19.0 Å². The molecule has 4 rings (SSSR count). The van der Waals surface area contributed by atoms with Gasteiger partial charge >= 0.3 is 6.09 Å². The zero-order valence-electron chi connectivity index (χ0n) is 14.3. The highest BCUT2D eigenvalue weighted by Gasteiger charge is 2.27. The number of hydrogen-bond acceptors (Lipinski definition) is 5. The molecule has 0 saturated carbocycles. The number of halogens is 1. The average molecular weight is 386 g/mol. The van der Waals surface area contributed by atoms with Crippen LogP contribution < -0.4 is 4.74 Å². The van der Waals surface area contributed by atoms with Crippen molar-refractivity contribution in [2.75, 3.05) is 26.2 Å². The molecule has 1 aromatic carbocycles. The fourth-order valence-corrected chi connectivity index (χ4v) is 3.12. The summed E-state index contributed by atoms with van der Waals surface area (Å²) in [6, 6.07) is 10.3. The molecule has 0 N–H and O–H groups in total. The Kier molecular flexibility index (Phi) is 4.68. The van der Waals surface area contributed by atoms with Crippen LogP contribution in [-0.2, 0) is 0 Å². The first-order chi connectivity index (χ1) is 13.1. The van der Waals surface area contributed by atoms with Crippen LogP contribution in [-0.4, -0.2) is 53.0 Å². The Morgan fingerprint density at radius 3 is 2.59 bits per heavy atom. The summed E-state index contributed by atoms with van der Waals surface area (Å²) < 4.78 is 10.9. The number of amides is 2. The second-order valence-electron chi connectivity index (χ2n) is 6.13. The number of rotatable bonds is 2. The van der Waals surface area contributed by atoms with Gasteiger partial charge in [0, 0.05) is 42.8 Å². The summed E-state index contributed by atoms with van der Waals surface area (Å²) in [6.45, 7) is 1.57. The lowest BCUT2D eigenvalue weighted by molar-refractivity contribution is 0.0606. The lowest BCUT2D eigenvalue weighted by Gasteiger charge is -2.33. The van der Waals surface area contributed by atoms with Gasteiger partial charge in [-0.2, -0.15) is 0 Å². The van der Waals surface area contributed by atoms with Crippen LogP contribution in [0.1, 0.15) is 10.6 Å². The van der Waals surface area contributed by atoms with Gasteiger partial charge in [0.2, 0.25) is 0 Å². The molecule has 2 aromatic heterocycles. The number of carbonyl (C=O) groups excluding carboxylic acids is 2. The fourth-order valence-electron chi connectivity index (χ4n) is 2.94. The number of hydrogen-bond donors (Lipinski definition) is 0. The molecular weight excluding hydrogens is 370 g/mol. The number of benzene rings is 1. The number of carbonyl (C=O) groups is 2. The van der Waals surface area contributed by atoms with Crippen LogP contribution in [0.5, 0.6) is 5.75 Å². The summed E-state index contributed by atoms with van der Waals surface area (Å²) in [5.74, 6) is 0.447. The summed E-state index contributed by atoms with van der Waals surface area (Å²) in [7, 11) is 0. The molecule has 1 aliphatic heterocycles. The number of ether oxygens (including phenoxy) is 1. The smallest absolute Gasteiger partial charge is 0.415 e. The van der Waals surface area contributed by atoms with E-state index in [9.17, 15) is 9.59 Å². The predicted molar refractivity (Wildman–Crippen MR) is 99.0 cm³/mol. The zero-order chi connectivity index (χ0) is 18.8. The standard InChI is InChI=1S/C19H16ClN3O4/c20-14-3-4-16-13(10-14)11-17(27-16)18(24)22-6-8-23(9-7-22)19(25)26-15-2-1-5-21-12-15/h1-5,10-12H,6-9H2. The quantitative estimate of drug-likeness (QED) is 0.675. The van der Waals surface area contributed by atoms with E-state index in [1.54, 1.807) is 52.4 Å². The maximum atomic E-state index is 12.7. The van der Waals surface area contributed by atoms with E-state index in [2.05, 4.69) is 4.98 Å². The molecule has 3 aromatic rings. The SMILES string of the molecule is O=C(Oc1cccnc1)N1CCN(C(=O)c2cc3cc(Cl)ccc3o2)CC1. The number of furan rings is 1. The summed E-state index contributed by atoms with van der Waals surface area (Å²) in [5.41, 5.74) is 0.612. The first-order valence-corrected chi connectivity index (χ1v) is 8.83. The van der Waals surface area contributed by atoms with Crippen LogP contribution in [0, 0.1) is 0 Å². The molecule has 0 radical (unpaired) electrons. The molecule has 1 aliphatic rings. The molecule has 0 aliphatic carbocycles. The molecule has 0 unspecified atom stereocenters. The van der Waals surface area contributed by atoms with E-state index in [-0.39, 0.29) is 11.7 Å². The van der Waals surface area contributed by atoms with Crippen molar-refractivity contribution in [2.24, 2.45) is 0 Å². The van der Waals surface area contributed by atoms with E-state index >= 15 is 0 Å². The molecule has 7 nitrogen and oxygen atoms in total. The van der Waals surface area contributed by atoms with E-state index in [0.717, 1.165) is 5.39 Å². The fraction of sp³-hybridized carbons (Fsp3) is 0.211. The van der Waals surface area contributed by atoms with E-state index in [1.165, 1.54) is 6.20 Å². The third kappa shape index (κ3) is 3.73. The van der Waals surface area contributed by atoms with Crippen LogP contribution in [0.15, 0.2) is 53.2 Å². The summed E-state index contributed by atoms with van der Waals surface area (Å²) in [5, 5.41) is 1.37. The van der Waals surface area contributed by atoms with Crippen molar-refractivity contribution in [2.45, 2.75) is 0 Å². The van der Waals surface area contributed by atoms with E-state index in [4.69, 9.17) is 20.8 Å².